The van der Waals surface area contributed by atoms with Crippen LogP contribution >= 0.6 is 0 Å². The molecule has 1 aromatic rings. The molecule has 1 rings (SSSR count). The molecule has 0 radical (unpaired) electrons. The first-order valence-corrected chi connectivity index (χ1v) is 4.92. The van der Waals surface area contributed by atoms with Crippen molar-refractivity contribution in [1.82, 2.24) is 4.98 Å². The van der Waals surface area contributed by atoms with Gasteiger partial charge in [-0.25, -0.2) is 4.98 Å². The number of methoxy groups -OCH3 is 1. The molecule has 0 aromatic carbocycles. The number of aryl methyl sites for hydroxylation is 1. The van der Waals surface area contributed by atoms with E-state index in [-0.39, 0.29) is 11.7 Å². The molecule has 0 aliphatic rings. The number of hydrogen-bond donors (Lipinski definition) is 1. The molecule has 0 spiro atoms. The van der Waals surface area contributed by atoms with Crippen LogP contribution in [0.25, 0.3) is 0 Å². The van der Waals surface area contributed by atoms with Crippen LogP contribution in [0, 0.1) is 17.0 Å². The van der Waals surface area contributed by atoms with E-state index in [1.165, 1.54) is 6.07 Å². The molecule has 6 heteroatoms. The average molecular weight is 225 g/mol. The Morgan fingerprint density at radius 2 is 2.31 bits per heavy atom. The lowest BCUT2D eigenvalue weighted by atomic mass is 10.3. The summed E-state index contributed by atoms with van der Waals surface area (Å²) in [7, 11) is 1.62. The first-order chi connectivity index (χ1) is 7.54. The minimum absolute atomic E-state index is 0.0324. The van der Waals surface area contributed by atoms with Gasteiger partial charge in [-0.1, -0.05) is 0 Å². The third-order valence-corrected chi connectivity index (χ3v) is 2.07. The van der Waals surface area contributed by atoms with Crippen LogP contribution in [0.3, 0.4) is 0 Å². The summed E-state index contributed by atoms with van der Waals surface area (Å²) in [4.78, 5) is 14.3. The second-order valence-electron chi connectivity index (χ2n) is 3.56. The first kappa shape index (κ1) is 12.4. The van der Waals surface area contributed by atoms with Crippen molar-refractivity contribution in [2.45, 2.75) is 19.9 Å². The highest BCUT2D eigenvalue weighted by Gasteiger charge is 2.12. The second-order valence-corrected chi connectivity index (χ2v) is 3.56. The monoisotopic (exact) mass is 225 g/mol. The molecule has 0 saturated heterocycles. The smallest absolute Gasteiger partial charge is 0.290 e. The van der Waals surface area contributed by atoms with E-state index in [0.717, 1.165) is 0 Å². The third-order valence-electron chi connectivity index (χ3n) is 2.07. The van der Waals surface area contributed by atoms with Crippen molar-refractivity contribution in [3.05, 3.63) is 27.9 Å². The van der Waals surface area contributed by atoms with Gasteiger partial charge in [0.05, 0.1) is 11.5 Å². The zero-order valence-corrected chi connectivity index (χ0v) is 9.56. The van der Waals surface area contributed by atoms with E-state index in [4.69, 9.17) is 4.74 Å². The molecule has 88 valence electrons. The fourth-order valence-corrected chi connectivity index (χ4v) is 1.37. The molecule has 6 nitrogen and oxygen atoms in total. The van der Waals surface area contributed by atoms with Gasteiger partial charge in [-0.05, 0) is 19.9 Å². The van der Waals surface area contributed by atoms with E-state index in [2.05, 4.69) is 10.3 Å². The molecule has 0 fully saturated rings. The number of aromatic nitrogens is 1. The highest BCUT2D eigenvalue weighted by molar-refractivity contribution is 5.45. The molecular formula is C10H15N3O3. The molecule has 1 heterocycles. The molecule has 0 aliphatic carbocycles. The Morgan fingerprint density at radius 1 is 1.62 bits per heavy atom. The van der Waals surface area contributed by atoms with Gasteiger partial charge in [0.2, 0.25) is 0 Å². The Morgan fingerprint density at radius 3 is 2.81 bits per heavy atom. The fourth-order valence-electron chi connectivity index (χ4n) is 1.37. The van der Waals surface area contributed by atoms with Gasteiger partial charge in [-0.2, -0.15) is 0 Å². The summed E-state index contributed by atoms with van der Waals surface area (Å²) in [6.07, 6.45) is 0. The lowest BCUT2D eigenvalue weighted by molar-refractivity contribution is -0.385. The first-order valence-electron chi connectivity index (χ1n) is 4.92. The van der Waals surface area contributed by atoms with Crippen molar-refractivity contribution >= 4 is 11.5 Å². The molecule has 16 heavy (non-hydrogen) atoms. The van der Waals surface area contributed by atoms with E-state index >= 15 is 0 Å². The Bertz CT molecular complexity index is 382. The Kier molecular flexibility index (Phi) is 4.19. The van der Waals surface area contributed by atoms with Crippen LogP contribution in [-0.4, -0.2) is 29.7 Å². The van der Waals surface area contributed by atoms with E-state index in [0.29, 0.717) is 18.1 Å². The van der Waals surface area contributed by atoms with E-state index < -0.39 is 4.92 Å². The number of anilines is 1. The standard InChI is InChI=1S/C10H15N3O3/c1-7(6-16-3)11-10-5-4-9(13(14)15)8(2)12-10/h4-5,7H,6H2,1-3H3,(H,11,12). The Hall–Kier alpha value is -1.69. The molecule has 1 aromatic heterocycles. The van der Waals surface area contributed by atoms with Crippen LogP contribution in [0.15, 0.2) is 12.1 Å². The largest absolute Gasteiger partial charge is 0.383 e. The summed E-state index contributed by atoms with van der Waals surface area (Å²) in [6, 6.07) is 3.15. The van der Waals surface area contributed by atoms with Crippen LogP contribution in [-0.2, 0) is 4.74 Å². The average Bonchev–Trinajstić information content (AvgIpc) is 2.17. The zero-order valence-electron chi connectivity index (χ0n) is 9.56. The lowest BCUT2D eigenvalue weighted by Gasteiger charge is -2.13. The summed E-state index contributed by atoms with van der Waals surface area (Å²) in [5, 5.41) is 13.7. The predicted molar refractivity (Wildman–Crippen MR) is 60.6 cm³/mol. The van der Waals surface area contributed by atoms with Gasteiger partial charge in [0, 0.05) is 19.2 Å². The molecule has 0 bridgehead atoms. The van der Waals surface area contributed by atoms with Gasteiger partial charge >= 0.3 is 0 Å². The van der Waals surface area contributed by atoms with Crippen LogP contribution in [0.2, 0.25) is 0 Å². The number of pyridine rings is 1. The molecule has 0 aliphatic heterocycles. The number of rotatable bonds is 5. The fraction of sp³-hybridized carbons (Fsp3) is 0.500. The van der Waals surface area contributed by atoms with Crippen molar-refractivity contribution in [3.8, 4) is 0 Å². The number of nitrogens with one attached hydrogen (secondary N) is 1. The van der Waals surface area contributed by atoms with E-state index in [1.807, 2.05) is 6.92 Å². The van der Waals surface area contributed by atoms with Crippen molar-refractivity contribution in [2.24, 2.45) is 0 Å². The number of nitrogens with zero attached hydrogens (tertiary/aromatic N) is 2. The topological polar surface area (TPSA) is 77.3 Å². The van der Waals surface area contributed by atoms with Gasteiger partial charge < -0.3 is 10.1 Å². The quantitative estimate of drug-likeness (QED) is 0.610. The van der Waals surface area contributed by atoms with Gasteiger partial charge in [-0.3, -0.25) is 10.1 Å². The summed E-state index contributed by atoms with van der Waals surface area (Å²) in [5.74, 6) is 0.618. The molecule has 1 atom stereocenters. The number of ether oxygens (including phenoxy) is 1. The Balaban J connectivity index is 2.77. The van der Waals surface area contributed by atoms with E-state index in [9.17, 15) is 10.1 Å². The number of nitro groups is 1. The maximum absolute atomic E-state index is 10.6. The molecular weight excluding hydrogens is 210 g/mol. The normalized spacial score (nSPS) is 12.2. The minimum atomic E-state index is -0.440. The van der Waals surface area contributed by atoms with Crippen LogP contribution in [0.5, 0.6) is 0 Å². The maximum Gasteiger partial charge on any atom is 0.290 e. The minimum Gasteiger partial charge on any atom is -0.383 e. The highest BCUT2D eigenvalue weighted by Crippen LogP contribution is 2.18. The third kappa shape index (κ3) is 3.16. The second kappa shape index (κ2) is 5.41. The van der Waals surface area contributed by atoms with Crippen molar-refractivity contribution in [2.75, 3.05) is 19.0 Å². The Labute approximate surface area is 93.8 Å². The van der Waals surface area contributed by atoms with Crippen LogP contribution in [0.1, 0.15) is 12.6 Å². The maximum atomic E-state index is 10.6. The van der Waals surface area contributed by atoms with Gasteiger partial charge in [0.25, 0.3) is 5.69 Å². The van der Waals surface area contributed by atoms with E-state index in [1.54, 1.807) is 20.1 Å². The highest BCUT2D eigenvalue weighted by atomic mass is 16.6. The van der Waals surface area contributed by atoms with Crippen molar-refractivity contribution in [1.29, 1.82) is 0 Å². The summed E-state index contributed by atoms with van der Waals surface area (Å²) < 4.78 is 4.97. The molecule has 0 saturated carbocycles. The molecule has 1 unspecified atom stereocenters. The van der Waals surface area contributed by atoms with Crippen molar-refractivity contribution < 1.29 is 9.66 Å². The summed E-state index contributed by atoms with van der Waals surface area (Å²) in [5.41, 5.74) is 0.435. The molecule has 0 amide bonds. The summed E-state index contributed by atoms with van der Waals surface area (Å²) >= 11 is 0. The van der Waals surface area contributed by atoms with Crippen LogP contribution < -0.4 is 5.32 Å². The predicted octanol–water partition coefficient (Wildman–Crippen LogP) is 1.75. The zero-order chi connectivity index (χ0) is 12.1. The van der Waals surface area contributed by atoms with Gasteiger partial charge in [0.15, 0.2) is 0 Å². The van der Waals surface area contributed by atoms with Gasteiger partial charge in [0.1, 0.15) is 11.5 Å². The lowest BCUT2D eigenvalue weighted by Crippen LogP contribution is -2.21. The SMILES string of the molecule is COCC(C)Nc1ccc([N+](=O)[O-])c(C)n1. The molecule has 1 N–H and O–H groups in total. The number of hydrogen-bond acceptors (Lipinski definition) is 5. The van der Waals surface area contributed by atoms with Gasteiger partial charge in [-0.15, -0.1) is 0 Å². The van der Waals surface area contributed by atoms with Crippen molar-refractivity contribution in [3.63, 3.8) is 0 Å². The summed E-state index contributed by atoms with van der Waals surface area (Å²) in [6.45, 7) is 4.12. The van der Waals surface area contributed by atoms with Crippen LogP contribution in [0.4, 0.5) is 11.5 Å².